The highest BCUT2D eigenvalue weighted by atomic mass is 16.1. The van der Waals surface area contributed by atoms with Crippen molar-refractivity contribution in [3.63, 3.8) is 0 Å². The Morgan fingerprint density at radius 2 is 2.00 bits per heavy atom. The average molecular weight is 205 g/mol. The fourth-order valence-electron chi connectivity index (χ4n) is 1.52. The van der Waals surface area contributed by atoms with Crippen LogP contribution in [0.15, 0.2) is 18.3 Å². The molecular formula is C13H19NO. The summed E-state index contributed by atoms with van der Waals surface area (Å²) in [6.07, 6.45) is 5.02. The number of aryl methyl sites for hydroxylation is 1. The molecule has 1 aliphatic carbocycles. The van der Waals surface area contributed by atoms with Crippen molar-refractivity contribution in [3.8, 4) is 0 Å². The Bertz CT molecular complexity index is 312. The van der Waals surface area contributed by atoms with Crippen LogP contribution in [0, 0.1) is 12.8 Å². The SMILES string of the molecule is CC.Cc1ccc(C(=O)C2CCC2)cn1. The maximum atomic E-state index is 11.7. The minimum Gasteiger partial charge on any atom is -0.294 e. The molecule has 1 saturated carbocycles. The third-order valence-electron chi connectivity index (χ3n) is 2.67. The van der Waals surface area contributed by atoms with E-state index in [9.17, 15) is 4.79 Å². The zero-order valence-corrected chi connectivity index (χ0v) is 9.79. The summed E-state index contributed by atoms with van der Waals surface area (Å²) >= 11 is 0. The van der Waals surface area contributed by atoms with Crippen LogP contribution >= 0.6 is 0 Å². The summed E-state index contributed by atoms with van der Waals surface area (Å²) in [6, 6.07) is 3.77. The van der Waals surface area contributed by atoms with E-state index in [0.717, 1.165) is 24.1 Å². The van der Waals surface area contributed by atoms with Gasteiger partial charge in [0.05, 0.1) is 0 Å². The molecule has 1 aromatic heterocycles. The van der Waals surface area contributed by atoms with Gasteiger partial charge >= 0.3 is 0 Å². The molecule has 82 valence electrons. The largest absolute Gasteiger partial charge is 0.294 e. The second-order valence-corrected chi connectivity index (χ2v) is 3.68. The maximum absolute atomic E-state index is 11.7. The normalized spacial score (nSPS) is 14.9. The number of carbonyl (C=O) groups is 1. The Kier molecular flexibility index (Phi) is 4.47. The van der Waals surface area contributed by atoms with Crippen LogP contribution in [0.5, 0.6) is 0 Å². The molecule has 2 nitrogen and oxygen atoms in total. The number of nitrogens with zero attached hydrogens (tertiary/aromatic N) is 1. The van der Waals surface area contributed by atoms with Crippen molar-refractivity contribution in [2.75, 3.05) is 0 Å². The van der Waals surface area contributed by atoms with Gasteiger partial charge in [-0.15, -0.1) is 0 Å². The van der Waals surface area contributed by atoms with Gasteiger partial charge in [0.25, 0.3) is 0 Å². The molecule has 0 atom stereocenters. The minimum atomic E-state index is 0.277. The Labute approximate surface area is 91.7 Å². The molecule has 1 heterocycles. The van der Waals surface area contributed by atoms with Crippen molar-refractivity contribution in [3.05, 3.63) is 29.6 Å². The van der Waals surface area contributed by atoms with Crippen molar-refractivity contribution in [1.82, 2.24) is 4.98 Å². The average Bonchev–Trinajstić information content (AvgIpc) is 2.19. The zero-order chi connectivity index (χ0) is 11.3. The fraction of sp³-hybridized carbons (Fsp3) is 0.538. The third-order valence-corrected chi connectivity index (χ3v) is 2.67. The molecule has 0 aliphatic heterocycles. The number of hydrogen-bond donors (Lipinski definition) is 0. The van der Waals surface area contributed by atoms with Gasteiger partial charge in [0.2, 0.25) is 0 Å². The van der Waals surface area contributed by atoms with E-state index in [1.54, 1.807) is 6.20 Å². The summed E-state index contributed by atoms with van der Waals surface area (Å²) in [4.78, 5) is 15.8. The van der Waals surface area contributed by atoms with Crippen LogP contribution in [-0.4, -0.2) is 10.8 Å². The first-order valence-corrected chi connectivity index (χ1v) is 5.74. The van der Waals surface area contributed by atoms with Gasteiger partial charge in [-0.25, -0.2) is 0 Å². The van der Waals surface area contributed by atoms with Crippen molar-refractivity contribution in [2.24, 2.45) is 5.92 Å². The Balaban J connectivity index is 0.000000531. The number of Topliss-reactive ketones (excluding diaryl/α,β-unsaturated/α-hetero) is 1. The molecule has 0 unspecified atom stereocenters. The van der Waals surface area contributed by atoms with E-state index in [1.807, 2.05) is 32.9 Å². The van der Waals surface area contributed by atoms with Gasteiger partial charge in [-0.2, -0.15) is 0 Å². The van der Waals surface area contributed by atoms with Gasteiger partial charge in [-0.3, -0.25) is 9.78 Å². The van der Waals surface area contributed by atoms with Crippen molar-refractivity contribution in [2.45, 2.75) is 40.0 Å². The smallest absolute Gasteiger partial charge is 0.167 e. The first-order valence-electron chi connectivity index (χ1n) is 5.74. The number of ketones is 1. The molecule has 2 heteroatoms. The van der Waals surface area contributed by atoms with Crippen molar-refractivity contribution in [1.29, 1.82) is 0 Å². The topological polar surface area (TPSA) is 30.0 Å². The second kappa shape index (κ2) is 5.64. The molecule has 1 fully saturated rings. The number of hydrogen-bond acceptors (Lipinski definition) is 2. The number of aromatic nitrogens is 1. The zero-order valence-electron chi connectivity index (χ0n) is 9.79. The molecule has 1 aliphatic rings. The maximum Gasteiger partial charge on any atom is 0.167 e. The van der Waals surface area contributed by atoms with Crippen LogP contribution in [0.3, 0.4) is 0 Å². The second-order valence-electron chi connectivity index (χ2n) is 3.68. The summed E-state index contributed by atoms with van der Waals surface area (Å²) in [7, 11) is 0. The highest BCUT2D eigenvalue weighted by molar-refractivity contribution is 5.97. The standard InChI is InChI=1S/C11H13NO.C2H6/c1-8-5-6-10(7-12-8)11(13)9-3-2-4-9;1-2/h5-7,9H,2-4H2,1H3;1-2H3. The molecule has 2 rings (SSSR count). The summed E-state index contributed by atoms with van der Waals surface area (Å²) in [5.41, 5.74) is 1.74. The minimum absolute atomic E-state index is 0.277. The van der Waals surface area contributed by atoms with E-state index < -0.39 is 0 Å². The van der Waals surface area contributed by atoms with Crippen LogP contribution < -0.4 is 0 Å². The lowest BCUT2D eigenvalue weighted by atomic mass is 9.80. The molecule has 0 radical (unpaired) electrons. The number of pyridine rings is 1. The summed E-state index contributed by atoms with van der Waals surface area (Å²) in [6.45, 7) is 5.93. The molecule has 0 bridgehead atoms. The van der Waals surface area contributed by atoms with Gasteiger partial charge < -0.3 is 0 Å². The van der Waals surface area contributed by atoms with Crippen molar-refractivity contribution >= 4 is 5.78 Å². The lowest BCUT2D eigenvalue weighted by Crippen LogP contribution is -2.22. The van der Waals surface area contributed by atoms with E-state index in [2.05, 4.69) is 4.98 Å². The first kappa shape index (κ1) is 11.9. The summed E-state index contributed by atoms with van der Waals surface area (Å²) < 4.78 is 0. The lowest BCUT2D eigenvalue weighted by molar-refractivity contribution is 0.0855. The van der Waals surface area contributed by atoms with E-state index in [0.29, 0.717) is 0 Å². The molecular weight excluding hydrogens is 186 g/mol. The van der Waals surface area contributed by atoms with Crippen LogP contribution in [0.25, 0.3) is 0 Å². The molecule has 15 heavy (non-hydrogen) atoms. The van der Waals surface area contributed by atoms with Gasteiger partial charge in [-0.1, -0.05) is 20.3 Å². The van der Waals surface area contributed by atoms with Gasteiger partial charge in [-0.05, 0) is 31.9 Å². The quantitative estimate of drug-likeness (QED) is 0.693. The molecule has 0 spiro atoms. The van der Waals surface area contributed by atoms with Crippen LogP contribution in [0.4, 0.5) is 0 Å². The van der Waals surface area contributed by atoms with Crippen LogP contribution in [0.1, 0.15) is 49.2 Å². The lowest BCUT2D eigenvalue weighted by Gasteiger charge is -2.23. The molecule has 0 saturated heterocycles. The molecule has 0 aromatic carbocycles. The predicted octanol–water partition coefficient (Wildman–Crippen LogP) is 3.40. The Morgan fingerprint density at radius 1 is 1.33 bits per heavy atom. The van der Waals surface area contributed by atoms with Crippen LogP contribution in [0.2, 0.25) is 0 Å². The summed E-state index contributed by atoms with van der Waals surface area (Å²) in [5, 5.41) is 0. The van der Waals surface area contributed by atoms with E-state index >= 15 is 0 Å². The molecule has 0 N–H and O–H groups in total. The predicted molar refractivity (Wildman–Crippen MR) is 62.0 cm³/mol. The Morgan fingerprint density at radius 3 is 2.40 bits per heavy atom. The molecule has 0 amide bonds. The number of carbonyl (C=O) groups excluding carboxylic acids is 1. The van der Waals surface area contributed by atoms with Crippen molar-refractivity contribution < 1.29 is 4.79 Å². The van der Waals surface area contributed by atoms with Crippen LogP contribution in [-0.2, 0) is 0 Å². The highest BCUT2D eigenvalue weighted by Gasteiger charge is 2.25. The van der Waals surface area contributed by atoms with Gasteiger partial charge in [0.15, 0.2) is 5.78 Å². The Hall–Kier alpha value is -1.18. The monoisotopic (exact) mass is 205 g/mol. The third kappa shape index (κ3) is 2.88. The fourth-order valence-corrected chi connectivity index (χ4v) is 1.52. The van der Waals surface area contributed by atoms with Gasteiger partial charge in [0, 0.05) is 23.4 Å². The van der Waals surface area contributed by atoms with E-state index in [-0.39, 0.29) is 11.7 Å². The van der Waals surface area contributed by atoms with E-state index in [4.69, 9.17) is 0 Å². The van der Waals surface area contributed by atoms with Gasteiger partial charge in [0.1, 0.15) is 0 Å². The number of rotatable bonds is 2. The molecule has 1 aromatic rings. The van der Waals surface area contributed by atoms with E-state index in [1.165, 1.54) is 6.42 Å². The highest BCUT2D eigenvalue weighted by Crippen LogP contribution is 2.29. The summed E-state index contributed by atoms with van der Waals surface area (Å²) in [5.74, 6) is 0.559. The first-order chi connectivity index (χ1) is 7.27.